The number of esters is 1. The topological polar surface area (TPSA) is 116 Å². The molecule has 198 valence electrons. The Kier molecular flexibility index (Phi) is 6.98. The summed E-state index contributed by atoms with van der Waals surface area (Å²) in [6.07, 6.45) is 2.95. The molecule has 2 N–H and O–H groups in total. The second-order valence-corrected chi connectivity index (χ2v) is 10.3. The van der Waals surface area contributed by atoms with Gasteiger partial charge >= 0.3 is 12.1 Å². The van der Waals surface area contributed by atoms with Gasteiger partial charge in [-0.15, -0.1) is 0 Å². The van der Waals surface area contributed by atoms with E-state index >= 15 is 0 Å². The average Bonchev–Trinajstić information content (AvgIpc) is 3.36. The van der Waals surface area contributed by atoms with Crippen LogP contribution in [0.1, 0.15) is 69.1 Å². The monoisotopic (exact) mass is 513 g/mol. The Balaban J connectivity index is 1.52. The lowest BCUT2D eigenvalue weighted by Crippen LogP contribution is -2.45. The van der Waals surface area contributed by atoms with Crippen LogP contribution in [0.5, 0.6) is 5.75 Å². The fourth-order valence-electron chi connectivity index (χ4n) is 4.21. The van der Waals surface area contributed by atoms with Crippen LogP contribution in [-0.2, 0) is 15.9 Å². The van der Waals surface area contributed by atoms with Gasteiger partial charge in [-0.05, 0) is 59.7 Å². The molecule has 0 spiro atoms. The maximum atomic E-state index is 14.6. The molecule has 1 unspecified atom stereocenters. The number of halogens is 1. The summed E-state index contributed by atoms with van der Waals surface area (Å²) in [5.74, 6) is 0.133. The van der Waals surface area contributed by atoms with E-state index in [2.05, 4.69) is 20.7 Å². The Morgan fingerprint density at radius 3 is 2.78 bits per heavy atom. The van der Waals surface area contributed by atoms with E-state index < -0.39 is 29.3 Å². The van der Waals surface area contributed by atoms with Crippen LogP contribution in [0.15, 0.2) is 30.6 Å². The van der Waals surface area contributed by atoms with Crippen LogP contribution in [-0.4, -0.2) is 51.0 Å². The smallest absolute Gasteiger partial charge is 0.407 e. The number of hydrogen-bond donors (Lipinski definition) is 2. The van der Waals surface area contributed by atoms with Crippen molar-refractivity contribution in [1.29, 1.82) is 0 Å². The van der Waals surface area contributed by atoms with Crippen molar-refractivity contribution in [2.24, 2.45) is 0 Å². The summed E-state index contributed by atoms with van der Waals surface area (Å²) in [5.41, 5.74) is 0.522. The summed E-state index contributed by atoms with van der Waals surface area (Å²) in [4.78, 5) is 28.9. The zero-order chi connectivity index (χ0) is 27.0. The molecule has 11 heteroatoms. The van der Waals surface area contributed by atoms with E-state index in [1.54, 1.807) is 40.0 Å². The average molecular weight is 514 g/mol. The number of fused-ring (bicyclic) bond motifs is 2. The fraction of sp³-hybridized carbons (Fsp3) is 0.462. The minimum absolute atomic E-state index is 0.190. The van der Waals surface area contributed by atoms with Crippen LogP contribution in [0.3, 0.4) is 0 Å². The van der Waals surface area contributed by atoms with Crippen LogP contribution in [0.4, 0.5) is 15.0 Å². The van der Waals surface area contributed by atoms with Crippen molar-refractivity contribution in [3.8, 4) is 5.75 Å². The molecular weight excluding hydrogens is 481 g/mol. The molecule has 1 aliphatic heterocycles. The number of nitrogens with zero attached hydrogens (tertiary/aromatic N) is 3. The van der Waals surface area contributed by atoms with E-state index in [9.17, 15) is 14.0 Å². The Hall–Kier alpha value is -3.89. The minimum Gasteiger partial charge on any atom is -0.485 e. The van der Waals surface area contributed by atoms with Gasteiger partial charge in [-0.25, -0.2) is 23.5 Å². The molecule has 10 nitrogen and oxygen atoms in total. The van der Waals surface area contributed by atoms with Crippen molar-refractivity contribution < 1.29 is 28.2 Å². The highest BCUT2D eigenvalue weighted by atomic mass is 19.1. The van der Waals surface area contributed by atoms with Gasteiger partial charge < -0.3 is 24.8 Å². The predicted octanol–water partition coefficient (Wildman–Crippen LogP) is 4.44. The number of anilines is 1. The summed E-state index contributed by atoms with van der Waals surface area (Å²) in [7, 11) is 0. The van der Waals surface area contributed by atoms with Crippen LogP contribution >= 0.6 is 0 Å². The first-order valence-corrected chi connectivity index (χ1v) is 12.1. The summed E-state index contributed by atoms with van der Waals surface area (Å²) in [6, 6.07) is 4.19. The number of carbonyl (C=O) groups is 2. The molecule has 0 saturated heterocycles. The van der Waals surface area contributed by atoms with Crippen molar-refractivity contribution in [3.05, 3.63) is 53.1 Å². The number of hydrogen-bond acceptors (Lipinski definition) is 8. The molecule has 0 bridgehead atoms. The van der Waals surface area contributed by atoms with Gasteiger partial charge in [0.25, 0.3) is 0 Å². The third kappa shape index (κ3) is 5.92. The summed E-state index contributed by atoms with van der Waals surface area (Å²) >= 11 is 0. The van der Waals surface area contributed by atoms with Crippen LogP contribution in [0, 0.1) is 5.82 Å². The Morgan fingerprint density at radius 2 is 2.08 bits per heavy atom. The Bertz CT molecular complexity index is 1330. The molecule has 1 aliphatic rings. The van der Waals surface area contributed by atoms with Gasteiger partial charge in [0.15, 0.2) is 5.65 Å². The number of aromatic nitrogens is 3. The van der Waals surface area contributed by atoms with Gasteiger partial charge in [0.2, 0.25) is 0 Å². The number of ether oxygens (including phenoxy) is 3. The first-order chi connectivity index (χ1) is 17.4. The lowest BCUT2D eigenvalue weighted by Gasteiger charge is -2.27. The van der Waals surface area contributed by atoms with Crippen molar-refractivity contribution in [3.63, 3.8) is 0 Å². The summed E-state index contributed by atoms with van der Waals surface area (Å²) in [6.45, 7) is 11.2. The van der Waals surface area contributed by atoms with Gasteiger partial charge in [0, 0.05) is 23.7 Å². The Labute approximate surface area is 214 Å². The van der Waals surface area contributed by atoms with Crippen molar-refractivity contribution >= 4 is 23.5 Å². The zero-order valence-electron chi connectivity index (χ0n) is 21.8. The van der Waals surface area contributed by atoms with E-state index in [-0.39, 0.29) is 24.5 Å². The van der Waals surface area contributed by atoms with Gasteiger partial charge in [0.1, 0.15) is 34.2 Å². The second-order valence-electron chi connectivity index (χ2n) is 10.3. The predicted molar refractivity (Wildman–Crippen MR) is 134 cm³/mol. The van der Waals surface area contributed by atoms with E-state index in [0.29, 0.717) is 34.8 Å². The lowest BCUT2D eigenvalue weighted by molar-refractivity contribution is 0.0447. The van der Waals surface area contributed by atoms with Crippen LogP contribution < -0.4 is 15.4 Å². The summed E-state index contributed by atoms with van der Waals surface area (Å²) in [5, 5.41) is 10.1. The molecule has 3 heterocycles. The zero-order valence-corrected chi connectivity index (χ0v) is 21.8. The van der Waals surface area contributed by atoms with E-state index in [1.165, 1.54) is 22.8 Å². The van der Waals surface area contributed by atoms with Gasteiger partial charge in [0.05, 0.1) is 25.4 Å². The minimum atomic E-state index is -0.773. The number of benzene rings is 1. The van der Waals surface area contributed by atoms with Gasteiger partial charge in [-0.1, -0.05) is 0 Å². The highest BCUT2D eigenvalue weighted by molar-refractivity contribution is 5.95. The van der Waals surface area contributed by atoms with Gasteiger partial charge in [-0.3, -0.25) is 0 Å². The van der Waals surface area contributed by atoms with Gasteiger partial charge in [-0.2, -0.15) is 5.10 Å². The third-order valence-corrected chi connectivity index (χ3v) is 5.77. The maximum absolute atomic E-state index is 14.6. The SMILES string of the molecule is CCOC(=O)c1cnn2ccc(NC(C)c3cc(F)cc4c3O[C@](C)(CNC(=O)OC(C)(C)C)C4)nc12. The first kappa shape index (κ1) is 26.2. The number of amides is 1. The molecule has 2 atom stereocenters. The lowest BCUT2D eigenvalue weighted by atomic mass is 9.97. The number of alkyl carbamates (subject to hydrolysis) is 1. The largest absolute Gasteiger partial charge is 0.485 e. The van der Waals surface area contributed by atoms with E-state index in [0.717, 1.165) is 0 Å². The molecule has 0 radical (unpaired) electrons. The quantitative estimate of drug-likeness (QED) is 0.446. The normalized spacial score (nSPS) is 17.6. The van der Waals surface area contributed by atoms with E-state index in [1.807, 2.05) is 13.8 Å². The molecular formula is C26H32FN5O5. The fourth-order valence-corrected chi connectivity index (χ4v) is 4.21. The van der Waals surface area contributed by atoms with E-state index in [4.69, 9.17) is 14.2 Å². The highest BCUT2D eigenvalue weighted by Gasteiger charge is 2.38. The molecule has 3 aromatic rings. The molecule has 37 heavy (non-hydrogen) atoms. The Morgan fingerprint density at radius 1 is 1.32 bits per heavy atom. The number of rotatable bonds is 7. The second kappa shape index (κ2) is 9.87. The number of nitrogens with one attached hydrogen (secondary N) is 2. The van der Waals surface area contributed by atoms with Crippen molar-refractivity contribution in [2.45, 2.75) is 65.2 Å². The first-order valence-electron chi connectivity index (χ1n) is 12.1. The molecule has 0 aliphatic carbocycles. The molecule has 0 saturated carbocycles. The molecule has 4 rings (SSSR count). The maximum Gasteiger partial charge on any atom is 0.407 e. The highest BCUT2D eigenvalue weighted by Crippen LogP contribution is 2.41. The molecule has 2 aromatic heterocycles. The number of carbonyl (C=O) groups excluding carboxylic acids is 2. The molecule has 1 amide bonds. The van der Waals surface area contributed by atoms with Crippen LogP contribution in [0.25, 0.3) is 5.65 Å². The van der Waals surface area contributed by atoms with Crippen molar-refractivity contribution in [1.82, 2.24) is 19.9 Å². The van der Waals surface area contributed by atoms with Crippen molar-refractivity contribution in [2.75, 3.05) is 18.5 Å². The molecule has 0 fully saturated rings. The van der Waals surface area contributed by atoms with Crippen LogP contribution in [0.2, 0.25) is 0 Å². The molecule has 1 aromatic carbocycles. The standard InChI is InChI=1S/C26H32FN5O5/c1-7-35-23(33)19-13-29-32-9-8-20(31-22(19)32)30-15(2)18-11-17(27)10-16-12-26(6,36-21(16)18)14-28-24(34)37-25(3,4)5/h8-11,13,15H,7,12,14H2,1-6H3,(H,28,34)(H,30,31)/t15?,26-/m0/s1. The third-order valence-electron chi connectivity index (χ3n) is 5.77. The summed E-state index contributed by atoms with van der Waals surface area (Å²) < 4.78 is 32.8.